The molecule has 1 fully saturated rings. The van der Waals surface area contributed by atoms with Gasteiger partial charge in [-0.25, -0.2) is 0 Å². The van der Waals surface area contributed by atoms with E-state index >= 15 is 0 Å². The van der Waals surface area contributed by atoms with Gasteiger partial charge in [-0.1, -0.05) is 12.1 Å². The van der Waals surface area contributed by atoms with Gasteiger partial charge in [0.25, 0.3) is 5.91 Å². The van der Waals surface area contributed by atoms with Gasteiger partial charge in [0.15, 0.2) is 5.96 Å². The summed E-state index contributed by atoms with van der Waals surface area (Å²) in [4.78, 5) is 20.8. The molecule has 0 bridgehead atoms. The number of carbonyl (C=O) groups is 1. The number of morpholine rings is 1. The van der Waals surface area contributed by atoms with Gasteiger partial charge in [0, 0.05) is 44.6 Å². The Bertz CT molecular complexity index is 749. The first-order valence-corrected chi connectivity index (χ1v) is 11.7. The lowest BCUT2D eigenvalue weighted by molar-refractivity contribution is 0.0177. The van der Waals surface area contributed by atoms with E-state index in [1.807, 2.05) is 17.5 Å². The number of aliphatic imine (C=N–C) groups is 1. The van der Waals surface area contributed by atoms with E-state index < -0.39 is 0 Å². The van der Waals surface area contributed by atoms with Crippen LogP contribution in [0, 0.1) is 0 Å². The SMILES string of the molecule is CN=C(NCCCNC(=O)c1cccs1)NCC(c1cccs1)N1CCOCC1.I. The van der Waals surface area contributed by atoms with Gasteiger partial charge >= 0.3 is 0 Å². The number of carbonyl (C=O) groups excluding carboxylic acids is 1. The molecule has 1 aliphatic heterocycles. The smallest absolute Gasteiger partial charge is 0.261 e. The Hall–Kier alpha value is -1.21. The summed E-state index contributed by atoms with van der Waals surface area (Å²) in [6.45, 7) is 5.62. The molecule has 0 aromatic carbocycles. The molecule has 0 aliphatic carbocycles. The number of hydrogen-bond donors (Lipinski definition) is 3. The molecule has 30 heavy (non-hydrogen) atoms. The zero-order chi connectivity index (χ0) is 20.3. The maximum atomic E-state index is 11.9. The van der Waals surface area contributed by atoms with Gasteiger partial charge in [-0.05, 0) is 29.3 Å². The van der Waals surface area contributed by atoms with E-state index in [9.17, 15) is 4.79 Å². The van der Waals surface area contributed by atoms with Crippen molar-refractivity contribution in [3.05, 3.63) is 44.8 Å². The number of ether oxygens (including phenoxy) is 1. The van der Waals surface area contributed by atoms with Gasteiger partial charge in [0.05, 0.1) is 24.1 Å². The zero-order valence-corrected chi connectivity index (χ0v) is 21.1. The summed E-state index contributed by atoms with van der Waals surface area (Å²) in [7, 11) is 1.78. The summed E-state index contributed by atoms with van der Waals surface area (Å²) >= 11 is 3.24. The van der Waals surface area contributed by atoms with Crippen molar-refractivity contribution in [2.24, 2.45) is 4.99 Å². The highest BCUT2D eigenvalue weighted by Gasteiger charge is 2.23. The molecule has 0 saturated carbocycles. The topological polar surface area (TPSA) is 78.0 Å². The van der Waals surface area contributed by atoms with E-state index in [0.717, 1.165) is 56.7 Å². The van der Waals surface area contributed by atoms with Crippen LogP contribution in [0.15, 0.2) is 40.0 Å². The van der Waals surface area contributed by atoms with Crippen LogP contribution in [0.2, 0.25) is 0 Å². The minimum absolute atomic E-state index is 0. The van der Waals surface area contributed by atoms with Crippen LogP contribution in [0.25, 0.3) is 0 Å². The normalized spacial score (nSPS) is 15.8. The molecule has 0 radical (unpaired) electrons. The molecule has 3 N–H and O–H groups in total. The van der Waals surface area contributed by atoms with Crippen LogP contribution in [0.3, 0.4) is 0 Å². The van der Waals surface area contributed by atoms with Gasteiger partial charge in [0.2, 0.25) is 0 Å². The van der Waals surface area contributed by atoms with Gasteiger partial charge < -0.3 is 20.7 Å². The molecule has 1 saturated heterocycles. The Kier molecular flexibility index (Phi) is 11.7. The highest BCUT2D eigenvalue weighted by atomic mass is 127. The average molecular weight is 564 g/mol. The number of nitrogens with one attached hydrogen (secondary N) is 3. The first-order valence-electron chi connectivity index (χ1n) is 9.89. The molecule has 7 nitrogen and oxygen atoms in total. The summed E-state index contributed by atoms with van der Waals surface area (Å²) in [6, 6.07) is 8.33. The molecule has 166 valence electrons. The predicted molar refractivity (Wildman–Crippen MR) is 136 cm³/mol. The third-order valence-corrected chi connectivity index (χ3v) is 6.56. The Labute approximate surface area is 203 Å². The van der Waals surface area contributed by atoms with Gasteiger partial charge in [-0.2, -0.15) is 0 Å². The fourth-order valence-electron chi connectivity index (χ4n) is 3.19. The maximum Gasteiger partial charge on any atom is 0.261 e. The number of thiophene rings is 2. The van der Waals surface area contributed by atoms with Crippen molar-refractivity contribution in [1.29, 1.82) is 0 Å². The van der Waals surface area contributed by atoms with Crippen LogP contribution in [0.1, 0.15) is 27.0 Å². The number of guanidine groups is 1. The molecule has 2 aromatic heterocycles. The summed E-state index contributed by atoms with van der Waals surface area (Å²) in [5.74, 6) is 0.774. The number of amides is 1. The van der Waals surface area contributed by atoms with E-state index in [-0.39, 0.29) is 29.9 Å². The molecule has 2 aromatic rings. The standard InChI is InChI=1S/C20H29N5O2S2.HI/c1-21-20(23-8-4-7-22-19(26)18-6-3-14-29-18)24-15-16(17-5-2-13-28-17)25-9-11-27-12-10-25;/h2-3,5-6,13-14,16H,4,7-12,15H2,1H3,(H,22,26)(H2,21,23,24);1H. The summed E-state index contributed by atoms with van der Waals surface area (Å²) in [5, 5.41) is 13.8. The predicted octanol–water partition coefficient (Wildman–Crippen LogP) is 2.79. The van der Waals surface area contributed by atoms with Crippen molar-refractivity contribution in [2.75, 3.05) is 53.0 Å². The number of nitrogens with zero attached hydrogens (tertiary/aromatic N) is 2. The molecule has 3 heterocycles. The molecule has 10 heteroatoms. The third-order valence-electron chi connectivity index (χ3n) is 4.72. The molecule has 1 atom stereocenters. The monoisotopic (exact) mass is 563 g/mol. The molecule has 1 aliphatic rings. The summed E-state index contributed by atoms with van der Waals surface area (Å²) in [6.07, 6.45) is 0.829. The highest BCUT2D eigenvalue weighted by molar-refractivity contribution is 14.0. The Morgan fingerprint density at radius 3 is 2.53 bits per heavy atom. The second-order valence-electron chi connectivity index (χ2n) is 6.65. The van der Waals surface area contributed by atoms with E-state index in [0.29, 0.717) is 12.6 Å². The molecule has 0 spiro atoms. The van der Waals surface area contributed by atoms with Crippen molar-refractivity contribution < 1.29 is 9.53 Å². The van der Waals surface area contributed by atoms with Crippen LogP contribution in [-0.2, 0) is 4.74 Å². The summed E-state index contributed by atoms with van der Waals surface area (Å²) < 4.78 is 5.51. The van der Waals surface area contributed by atoms with E-state index in [4.69, 9.17) is 4.74 Å². The minimum atomic E-state index is -0.00759. The summed E-state index contributed by atoms with van der Waals surface area (Å²) in [5.41, 5.74) is 0. The van der Waals surface area contributed by atoms with Crippen LogP contribution in [-0.4, -0.2) is 69.8 Å². The largest absolute Gasteiger partial charge is 0.379 e. The minimum Gasteiger partial charge on any atom is -0.379 e. The van der Waals surface area contributed by atoms with Crippen molar-refractivity contribution in [3.63, 3.8) is 0 Å². The Balaban J connectivity index is 0.00000320. The molecular weight excluding hydrogens is 533 g/mol. The zero-order valence-electron chi connectivity index (χ0n) is 17.1. The lowest BCUT2D eigenvalue weighted by Gasteiger charge is -2.34. The molecule has 3 rings (SSSR count). The maximum absolute atomic E-state index is 11.9. The van der Waals surface area contributed by atoms with Crippen molar-refractivity contribution in [3.8, 4) is 0 Å². The van der Waals surface area contributed by atoms with Crippen molar-refractivity contribution in [2.45, 2.75) is 12.5 Å². The van der Waals surface area contributed by atoms with E-state index in [1.165, 1.54) is 16.2 Å². The van der Waals surface area contributed by atoms with E-state index in [1.54, 1.807) is 18.4 Å². The Morgan fingerprint density at radius 1 is 1.13 bits per heavy atom. The first-order chi connectivity index (χ1) is 14.3. The van der Waals surface area contributed by atoms with E-state index in [2.05, 4.69) is 43.4 Å². The molecule has 1 unspecified atom stereocenters. The van der Waals surface area contributed by atoms with Gasteiger partial charge in [-0.3, -0.25) is 14.7 Å². The van der Waals surface area contributed by atoms with Crippen LogP contribution >= 0.6 is 46.7 Å². The average Bonchev–Trinajstić information content (AvgIpc) is 3.47. The number of halogens is 1. The van der Waals surface area contributed by atoms with Gasteiger partial charge in [-0.15, -0.1) is 46.7 Å². The van der Waals surface area contributed by atoms with Crippen LogP contribution in [0.5, 0.6) is 0 Å². The quantitative estimate of drug-likeness (QED) is 0.189. The second-order valence-corrected chi connectivity index (χ2v) is 8.57. The highest BCUT2D eigenvalue weighted by Crippen LogP contribution is 2.25. The lowest BCUT2D eigenvalue weighted by Crippen LogP contribution is -2.46. The van der Waals surface area contributed by atoms with Gasteiger partial charge in [0.1, 0.15) is 0 Å². The van der Waals surface area contributed by atoms with Crippen molar-refractivity contribution >= 4 is 58.5 Å². The second kappa shape index (κ2) is 14.0. The van der Waals surface area contributed by atoms with Crippen molar-refractivity contribution in [1.82, 2.24) is 20.9 Å². The Morgan fingerprint density at radius 2 is 1.87 bits per heavy atom. The number of rotatable bonds is 9. The molecule has 1 amide bonds. The first kappa shape index (κ1) is 25.1. The third kappa shape index (κ3) is 7.80. The van der Waals surface area contributed by atoms with Crippen LogP contribution < -0.4 is 16.0 Å². The van der Waals surface area contributed by atoms with Crippen LogP contribution in [0.4, 0.5) is 0 Å². The lowest BCUT2D eigenvalue weighted by atomic mass is 10.2. The molecular formula is C20H30IN5O2S2. The fourth-order valence-corrected chi connectivity index (χ4v) is 4.69. The number of hydrogen-bond acceptors (Lipinski definition) is 6. The fraction of sp³-hybridized carbons (Fsp3) is 0.500.